The molecule has 1 aromatic carbocycles. The summed E-state index contributed by atoms with van der Waals surface area (Å²) in [4.78, 5) is 14.4. The molecule has 0 radical (unpaired) electrons. The first-order chi connectivity index (χ1) is 8.61. The zero-order chi connectivity index (χ0) is 13.1. The molecule has 18 heavy (non-hydrogen) atoms. The number of thioether (sulfide) groups is 1. The number of nitrogens with two attached hydrogens (primary N) is 1. The van der Waals surface area contributed by atoms with Gasteiger partial charge in [0.05, 0.1) is 10.7 Å². The monoisotopic (exact) mass is 266 g/mol. The lowest BCUT2D eigenvalue weighted by atomic mass is 10.2. The van der Waals surface area contributed by atoms with E-state index in [1.165, 1.54) is 12.1 Å². The highest BCUT2D eigenvalue weighted by molar-refractivity contribution is 7.97. The molecule has 0 saturated heterocycles. The molecule has 7 nitrogen and oxygen atoms in total. The summed E-state index contributed by atoms with van der Waals surface area (Å²) >= 11 is 1.56. The Morgan fingerprint density at radius 2 is 2.33 bits per heavy atom. The quantitative estimate of drug-likeness (QED) is 0.512. The van der Waals surface area contributed by atoms with Gasteiger partial charge in [-0.05, 0) is 18.4 Å². The molecule has 0 bridgehead atoms. The number of nitrogens with zero attached hydrogens (tertiary/aromatic N) is 3. The minimum atomic E-state index is -0.544. The maximum Gasteiger partial charge on any atom is 0.292 e. The molecule has 2 rings (SSSR count). The van der Waals surface area contributed by atoms with Crippen LogP contribution in [0.2, 0.25) is 0 Å². The maximum atomic E-state index is 10.8. The van der Waals surface area contributed by atoms with E-state index in [-0.39, 0.29) is 17.3 Å². The number of rotatable bonds is 4. The van der Waals surface area contributed by atoms with Crippen LogP contribution in [0.15, 0.2) is 22.7 Å². The molecule has 1 aromatic heterocycles. The van der Waals surface area contributed by atoms with Crippen LogP contribution in [0.4, 0.5) is 11.4 Å². The number of nitro benzene ring substituents is 1. The largest absolute Gasteiger partial charge is 0.393 e. The molecule has 0 saturated carbocycles. The summed E-state index contributed by atoms with van der Waals surface area (Å²) < 4.78 is 5.04. The van der Waals surface area contributed by atoms with Gasteiger partial charge in [0.25, 0.3) is 11.6 Å². The Hall–Kier alpha value is -2.09. The van der Waals surface area contributed by atoms with Crippen molar-refractivity contribution in [3.63, 3.8) is 0 Å². The summed E-state index contributed by atoms with van der Waals surface area (Å²) in [5, 5.41) is 14.5. The predicted octanol–water partition coefficient (Wildman–Crippen LogP) is 2.09. The van der Waals surface area contributed by atoms with Crippen LogP contribution in [0.3, 0.4) is 0 Å². The van der Waals surface area contributed by atoms with Gasteiger partial charge < -0.3 is 10.3 Å². The van der Waals surface area contributed by atoms with Gasteiger partial charge in [-0.25, -0.2) is 0 Å². The van der Waals surface area contributed by atoms with Gasteiger partial charge in [-0.2, -0.15) is 16.7 Å². The van der Waals surface area contributed by atoms with Crippen molar-refractivity contribution >= 4 is 23.1 Å². The Labute approximate surface area is 107 Å². The molecular weight excluding hydrogens is 256 g/mol. The second-order valence-corrected chi connectivity index (χ2v) is 4.35. The number of nitrogen functional groups attached to an aromatic ring is 1. The SMILES string of the molecule is CSCc1noc(-c2ccc(N)c([N+](=O)[O-])c2)n1. The zero-order valence-corrected chi connectivity index (χ0v) is 10.3. The van der Waals surface area contributed by atoms with Gasteiger partial charge in [-0.1, -0.05) is 5.16 Å². The molecule has 0 fully saturated rings. The van der Waals surface area contributed by atoms with E-state index in [0.29, 0.717) is 17.1 Å². The van der Waals surface area contributed by atoms with Crippen LogP contribution >= 0.6 is 11.8 Å². The molecule has 0 amide bonds. The van der Waals surface area contributed by atoms with Crippen LogP contribution in [0, 0.1) is 10.1 Å². The fourth-order valence-electron chi connectivity index (χ4n) is 1.39. The molecule has 1 heterocycles. The van der Waals surface area contributed by atoms with Crippen LogP contribution in [0.5, 0.6) is 0 Å². The Morgan fingerprint density at radius 1 is 1.56 bits per heavy atom. The molecule has 2 aromatic rings. The second-order valence-electron chi connectivity index (χ2n) is 3.48. The summed E-state index contributed by atoms with van der Waals surface area (Å²) in [6.45, 7) is 0. The lowest BCUT2D eigenvalue weighted by Gasteiger charge is -1.98. The summed E-state index contributed by atoms with van der Waals surface area (Å²) in [6.07, 6.45) is 1.92. The third-order valence-corrected chi connectivity index (χ3v) is 2.76. The molecule has 0 unspecified atom stereocenters. The number of aromatic nitrogens is 2. The predicted molar refractivity (Wildman–Crippen MR) is 68.0 cm³/mol. The minimum absolute atomic E-state index is 0.104. The van der Waals surface area contributed by atoms with Gasteiger partial charge in [0.2, 0.25) is 0 Å². The molecule has 0 aliphatic carbocycles. The molecule has 0 spiro atoms. The summed E-state index contributed by atoms with van der Waals surface area (Å²) in [5.74, 6) is 1.43. The Kier molecular flexibility index (Phi) is 3.47. The molecule has 2 N–H and O–H groups in total. The van der Waals surface area contributed by atoms with E-state index in [4.69, 9.17) is 10.3 Å². The Morgan fingerprint density at radius 3 is 3.00 bits per heavy atom. The van der Waals surface area contributed by atoms with Crippen molar-refractivity contribution in [3.8, 4) is 11.5 Å². The average molecular weight is 266 g/mol. The highest BCUT2D eigenvalue weighted by atomic mass is 32.2. The zero-order valence-electron chi connectivity index (χ0n) is 9.49. The van der Waals surface area contributed by atoms with Crippen LogP contribution < -0.4 is 5.73 Å². The van der Waals surface area contributed by atoms with Crippen molar-refractivity contribution in [2.75, 3.05) is 12.0 Å². The van der Waals surface area contributed by atoms with Crippen molar-refractivity contribution in [1.82, 2.24) is 10.1 Å². The average Bonchev–Trinajstić information content (AvgIpc) is 2.78. The van der Waals surface area contributed by atoms with E-state index in [0.717, 1.165) is 0 Å². The van der Waals surface area contributed by atoms with E-state index in [9.17, 15) is 10.1 Å². The Bertz CT molecular complexity index is 584. The summed E-state index contributed by atoms with van der Waals surface area (Å²) in [6, 6.07) is 4.39. The number of benzene rings is 1. The standard InChI is InChI=1S/C10H10N4O3S/c1-18-5-9-12-10(17-13-9)6-2-3-7(11)8(4-6)14(15)16/h2-4H,5,11H2,1H3. The van der Waals surface area contributed by atoms with Crippen LogP contribution in [0.25, 0.3) is 11.5 Å². The first-order valence-corrected chi connectivity index (χ1v) is 6.37. The van der Waals surface area contributed by atoms with Gasteiger partial charge in [0.15, 0.2) is 5.82 Å². The van der Waals surface area contributed by atoms with E-state index in [2.05, 4.69) is 10.1 Å². The number of nitro groups is 1. The highest BCUT2D eigenvalue weighted by Gasteiger charge is 2.16. The van der Waals surface area contributed by atoms with Crippen LogP contribution in [-0.2, 0) is 5.75 Å². The molecule has 8 heteroatoms. The van der Waals surface area contributed by atoms with Gasteiger partial charge in [0, 0.05) is 11.6 Å². The van der Waals surface area contributed by atoms with Crippen molar-refractivity contribution < 1.29 is 9.45 Å². The minimum Gasteiger partial charge on any atom is -0.393 e. The van der Waals surface area contributed by atoms with Gasteiger partial charge >= 0.3 is 0 Å². The fraction of sp³-hybridized carbons (Fsp3) is 0.200. The molecule has 94 valence electrons. The molecule has 0 aliphatic rings. The van der Waals surface area contributed by atoms with Crippen molar-refractivity contribution in [1.29, 1.82) is 0 Å². The summed E-state index contributed by atoms with van der Waals surface area (Å²) in [7, 11) is 0. The topological polar surface area (TPSA) is 108 Å². The third kappa shape index (κ3) is 2.43. The second kappa shape index (κ2) is 5.05. The van der Waals surface area contributed by atoms with Crippen LogP contribution in [0.1, 0.15) is 5.82 Å². The summed E-state index contributed by atoms with van der Waals surface area (Å²) in [5.41, 5.74) is 5.93. The van der Waals surface area contributed by atoms with Crippen molar-refractivity contribution in [2.45, 2.75) is 5.75 Å². The maximum absolute atomic E-state index is 10.8. The van der Waals surface area contributed by atoms with E-state index in [1.54, 1.807) is 17.8 Å². The van der Waals surface area contributed by atoms with Gasteiger partial charge in [0.1, 0.15) is 5.69 Å². The van der Waals surface area contributed by atoms with Gasteiger partial charge in [-0.3, -0.25) is 10.1 Å². The number of hydrogen-bond donors (Lipinski definition) is 1. The van der Waals surface area contributed by atoms with Crippen molar-refractivity contribution in [2.24, 2.45) is 0 Å². The lowest BCUT2D eigenvalue weighted by molar-refractivity contribution is -0.383. The number of hydrogen-bond acceptors (Lipinski definition) is 7. The third-order valence-electron chi connectivity index (χ3n) is 2.22. The van der Waals surface area contributed by atoms with Gasteiger partial charge in [-0.15, -0.1) is 0 Å². The fourth-order valence-corrected chi connectivity index (χ4v) is 1.77. The van der Waals surface area contributed by atoms with E-state index < -0.39 is 4.92 Å². The molecular formula is C10H10N4O3S. The van der Waals surface area contributed by atoms with Crippen molar-refractivity contribution in [3.05, 3.63) is 34.1 Å². The Balaban J connectivity index is 2.38. The first-order valence-electron chi connectivity index (χ1n) is 4.97. The van der Waals surface area contributed by atoms with E-state index in [1.807, 2.05) is 6.26 Å². The first kappa shape index (κ1) is 12.4. The lowest BCUT2D eigenvalue weighted by Crippen LogP contribution is -1.95. The normalized spacial score (nSPS) is 10.5. The van der Waals surface area contributed by atoms with E-state index >= 15 is 0 Å². The smallest absolute Gasteiger partial charge is 0.292 e. The highest BCUT2D eigenvalue weighted by Crippen LogP contribution is 2.27. The molecule has 0 aliphatic heterocycles. The number of anilines is 1. The van der Waals surface area contributed by atoms with Crippen LogP contribution in [-0.4, -0.2) is 21.3 Å². The molecule has 0 atom stereocenters.